The molecule has 0 aliphatic heterocycles. The van der Waals surface area contributed by atoms with Crippen LogP contribution < -0.4 is 10.6 Å². The first-order valence-electron chi connectivity index (χ1n) is 13.1. The van der Waals surface area contributed by atoms with Gasteiger partial charge in [-0.25, -0.2) is 15.0 Å². The molecule has 0 atom stereocenters. The Labute approximate surface area is 223 Å². The maximum absolute atomic E-state index is 4.94. The Morgan fingerprint density at radius 2 is 1.68 bits per heavy atom. The van der Waals surface area contributed by atoms with Gasteiger partial charge in [0.05, 0.1) is 11.3 Å². The summed E-state index contributed by atoms with van der Waals surface area (Å²) in [6.45, 7) is 4.21. The lowest BCUT2D eigenvalue weighted by atomic mass is 9.98. The molecular formula is C31H31N7. The molecule has 5 rings (SSSR count). The topological polar surface area (TPSA) is 88.0 Å². The Morgan fingerprint density at radius 3 is 2.45 bits per heavy atom. The molecule has 7 nitrogen and oxygen atoms in total. The van der Waals surface area contributed by atoms with E-state index in [-0.39, 0.29) is 0 Å². The monoisotopic (exact) mass is 501 g/mol. The second-order valence-corrected chi connectivity index (χ2v) is 9.57. The van der Waals surface area contributed by atoms with E-state index in [0.29, 0.717) is 17.8 Å². The fourth-order valence-electron chi connectivity index (χ4n) is 4.27. The quantitative estimate of drug-likeness (QED) is 0.278. The van der Waals surface area contributed by atoms with E-state index in [1.165, 1.54) is 25.0 Å². The van der Waals surface area contributed by atoms with Crippen molar-refractivity contribution >= 4 is 28.9 Å². The molecule has 1 aromatic carbocycles. The third-order valence-corrected chi connectivity index (χ3v) is 6.10. The molecule has 1 saturated carbocycles. The first-order valence-corrected chi connectivity index (χ1v) is 13.1. The van der Waals surface area contributed by atoms with Crippen molar-refractivity contribution in [3.8, 4) is 23.1 Å². The molecule has 0 spiro atoms. The maximum Gasteiger partial charge on any atom is 0.229 e. The van der Waals surface area contributed by atoms with Gasteiger partial charge in [-0.15, -0.1) is 0 Å². The Hall–Kier alpha value is -4.57. The Balaban J connectivity index is 1.34. The standard InChI is InChI=1S/C31H31N7/c1-22(2)35-27-17-19-32-26(20-27)16-13-23-11-14-25(15-12-23)37-31-34-21-28(29-10-6-7-18-33-29)30(38-31)36-24-8-4-3-5-9-24/h6-7,10-12,14-15,17-22H,3-5,8-9H2,1-2H3,(H,32,35)(H,34,37,38). The normalized spacial score (nSPS) is 13.0. The van der Waals surface area contributed by atoms with E-state index in [4.69, 9.17) is 9.98 Å². The van der Waals surface area contributed by atoms with E-state index in [2.05, 4.69) is 51.3 Å². The molecule has 0 bridgehead atoms. The van der Waals surface area contributed by atoms with Crippen LogP contribution in [0.5, 0.6) is 0 Å². The summed E-state index contributed by atoms with van der Waals surface area (Å²) in [5.74, 6) is 7.49. The first-order chi connectivity index (χ1) is 18.6. The average molecular weight is 502 g/mol. The van der Waals surface area contributed by atoms with Gasteiger partial charge in [0, 0.05) is 47.3 Å². The van der Waals surface area contributed by atoms with Crippen LogP contribution >= 0.6 is 0 Å². The van der Waals surface area contributed by atoms with Crippen LogP contribution in [0.25, 0.3) is 11.3 Å². The molecule has 3 aromatic heterocycles. The van der Waals surface area contributed by atoms with Crippen molar-refractivity contribution in [2.45, 2.75) is 52.0 Å². The highest BCUT2D eigenvalue weighted by molar-refractivity contribution is 5.89. The highest BCUT2D eigenvalue weighted by Crippen LogP contribution is 2.30. The van der Waals surface area contributed by atoms with Gasteiger partial charge < -0.3 is 10.6 Å². The number of aliphatic imine (C=N–C) groups is 1. The molecule has 4 aromatic rings. The third kappa shape index (κ3) is 6.80. The first kappa shape index (κ1) is 25.1. The van der Waals surface area contributed by atoms with Crippen LogP contribution in [0.2, 0.25) is 0 Å². The summed E-state index contributed by atoms with van der Waals surface area (Å²) < 4.78 is 0. The Morgan fingerprint density at radius 1 is 0.842 bits per heavy atom. The maximum atomic E-state index is 4.94. The molecule has 0 amide bonds. The van der Waals surface area contributed by atoms with Crippen molar-refractivity contribution in [1.82, 2.24) is 19.9 Å². The summed E-state index contributed by atoms with van der Waals surface area (Å²) in [6, 6.07) is 18.0. The predicted octanol–water partition coefficient (Wildman–Crippen LogP) is 6.93. The van der Waals surface area contributed by atoms with E-state index in [1.807, 2.05) is 54.6 Å². The number of nitrogens with one attached hydrogen (secondary N) is 2. The summed E-state index contributed by atoms with van der Waals surface area (Å²) in [5.41, 5.74) is 6.36. The fraction of sp³-hybridized carbons (Fsp3) is 0.258. The number of aromatic nitrogens is 4. The lowest BCUT2D eigenvalue weighted by Gasteiger charge is -2.14. The minimum atomic E-state index is 0.351. The van der Waals surface area contributed by atoms with Crippen LogP contribution in [0.3, 0.4) is 0 Å². The van der Waals surface area contributed by atoms with Crippen molar-refractivity contribution in [2.75, 3.05) is 10.6 Å². The summed E-state index contributed by atoms with van der Waals surface area (Å²) in [6.07, 6.45) is 11.0. The zero-order valence-electron chi connectivity index (χ0n) is 21.8. The third-order valence-electron chi connectivity index (χ3n) is 6.10. The van der Waals surface area contributed by atoms with Crippen molar-refractivity contribution in [2.24, 2.45) is 4.99 Å². The van der Waals surface area contributed by atoms with Crippen molar-refractivity contribution in [3.05, 3.63) is 84.4 Å². The van der Waals surface area contributed by atoms with Gasteiger partial charge in [-0.1, -0.05) is 18.4 Å². The van der Waals surface area contributed by atoms with E-state index in [1.54, 1.807) is 18.6 Å². The molecule has 1 aliphatic carbocycles. The van der Waals surface area contributed by atoms with Crippen LogP contribution in [-0.2, 0) is 0 Å². The van der Waals surface area contributed by atoms with Crippen LogP contribution in [-0.4, -0.2) is 31.7 Å². The minimum Gasteiger partial charge on any atom is -0.383 e. The Bertz CT molecular complexity index is 1460. The Kier molecular flexibility index (Phi) is 8.00. The summed E-state index contributed by atoms with van der Waals surface area (Å²) >= 11 is 0. The lowest BCUT2D eigenvalue weighted by molar-refractivity contribution is 0.666. The van der Waals surface area contributed by atoms with Gasteiger partial charge in [-0.2, -0.15) is 4.98 Å². The lowest BCUT2D eigenvalue weighted by Crippen LogP contribution is -2.09. The smallest absolute Gasteiger partial charge is 0.229 e. The average Bonchev–Trinajstić information content (AvgIpc) is 2.94. The molecule has 7 heteroatoms. The zero-order chi connectivity index (χ0) is 26.2. The van der Waals surface area contributed by atoms with Crippen LogP contribution in [0.15, 0.2) is 78.2 Å². The van der Waals surface area contributed by atoms with Crippen molar-refractivity contribution in [1.29, 1.82) is 0 Å². The molecule has 1 aliphatic rings. The summed E-state index contributed by atoms with van der Waals surface area (Å²) in [7, 11) is 0. The predicted molar refractivity (Wildman–Crippen MR) is 154 cm³/mol. The van der Waals surface area contributed by atoms with Crippen LogP contribution in [0.4, 0.5) is 23.1 Å². The van der Waals surface area contributed by atoms with Crippen molar-refractivity contribution in [3.63, 3.8) is 0 Å². The zero-order valence-corrected chi connectivity index (χ0v) is 21.8. The van der Waals surface area contributed by atoms with Gasteiger partial charge >= 0.3 is 0 Å². The van der Waals surface area contributed by atoms with Gasteiger partial charge in [0.2, 0.25) is 5.95 Å². The minimum absolute atomic E-state index is 0.351. The van der Waals surface area contributed by atoms with Crippen LogP contribution in [0, 0.1) is 11.8 Å². The number of hydrogen-bond acceptors (Lipinski definition) is 7. The molecule has 190 valence electrons. The van der Waals surface area contributed by atoms with E-state index < -0.39 is 0 Å². The van der Waals surface area contributed by atoms with E-state index in [9.17, 15) is 0 Å². The highest BCUT2D eigenvalue weighted by atomic mass is 15.1. The molecule has 1 fully saturated rings. The van der Waals surface area contributed by atoms with Gasteiger partial charge in [0.15, 0.2) is 5.82 Å². The molecular weight excluding hydrogens is 470 g/mol. The molecule has 0 saturated heterocycles. The SMILES string of the molecule is CC(C)Nc1ccnc(C#Cc2ccc(Nc3ncc(-c4ccccn4)c(N=C4CCCCC4)n3)cc2)c1. The number of rotatable bonds is 6. The van der Waals surface area contributed by atoms with Crippen molar-refractivity contribution < 1.29 is 0 Å². The second-order valence-electron chi connectivity index (χ2n) is 9.57. The number of anilines is 3. The number of benzene rings is 1. The highest BCUT2D eigenvalue weighted by Gasteiger charge is 2.13. The van der Waals surface area contributed by atoms with Gasteiger partial charge in [-0.3, -0.25) is 4.98 Å². The molecule has 38 heavy (non-hydrogen) atoms. The number of nitrogens with zero attached hydrogens (tertiary/aromatic N) is 5. The molecule has 0 unspecified atom stereocenters. The number of hydrogen-bond donors (Lipinski definition) is 2. The fourth-order valence-corrected chi connectivity index (χ4v) is 4.27. The van der Waals surface area contributed by atoms with E-state index in [0.717, 1.165) is 46.7 Å². The largest absolute Gasteiger partial charge is 0.383 e. The van der Waals surface area contributed by atoms with Gasteiger partial charge in [0.25, 0.3) is 0 Å². The summed E-state index contributed by atoms with van der Waals surface area (Å²) in [5, 5.41) is 6.68. The number of pyridine rings is 2. The second kappa shape index (κ2) is 12.1. The molecule has 3 heterocycles. The van der Waals surface area contributed by atoms with E-state index >= 15 is 0 Å². The summed E-state index contributed by atoms with van der Waals surface area (Å²) in [4.78, 5) is 23.1. The van der Waals surface area contributed by atoms with Crippen LogP contribution in [0.1, 0.15) is 57.2 Å². The van der Waals surface area contributed by atoms with Gasteiger partial charge in [-0.05, 0) is 94.0 Å². The molecule has 0 radical (unpaired) electrons. The van der Waals surface area contributed by atoms with Gasteiger partial charge in [0.1, 0.15) is 5.69 Å². The molecule has 2 N–H and O–H groups in total.